The molecule has 0 unspecified atom stereocenters. The molecule has 2 heteroatoms. The van der Waals surface area contributed by atoms with Crippen LogP contribution in [0.1, 0.15) is 25.5 Å². The van der Waals surface area contributed by atoms with Gasteiger partial charge in [-0.25, -0.2) is 4.39 Å². The monoisotopic (exact) mass is 279 g/mol. The minimum atomic E-state index is -0.209. The first-order valence-electron chi connectivity index (χ1n) is 7.19. The zero-order valence-corrected chi connectivity index (χ0v) is 12.2. The molecule has 0 fully saturated rings. The second-order valence-corrected chi connectivity index (χ2v) is 5.54. The lowest BCUT2D eigenvalue weighted by Crippen LogP contribution is -1.86. The number of hydrogen-bond acceptors (Lipinski definition) is 0. The normalized spacial score (nSPS) is 11.0. The first-order valence-corrected chi connectivity index (χ1v) is 7.19. The van der Waals surface area contributed by atoms with E-state index in [-0.39, 0.29) is 5.82 Å². The Labute approximate surface area is 124 Å². The highest BCUT2D eigenvalue weighted by atomic mass is 19.1. The van der Waals surface area contributed by atoms with Crippen LogP contribution >= 0.6 is 0 Å². The van der Waals surface area contributed by atoms with Gasteiger partial charge in [-0.2, -0.15) is 0 Å². The van der Waals surface area contributed by atoms with Gasteiger partial charge in [0.15, 0.2) is 0 Å². The van der Waals surface area contributed by atoms with Crippen molar-refractivity contribution in [3.8, 4) is 22.4 Å². The largest absolute Gasteiger partial charge is 0.358 e. The van der Waals surface area contributed by atoms with Gasteiger partial charge < -0.3 is 4.98 Å². The molecule has 0 bridgehead atoms. The molecule has 1 nitrogen and oxygen atoms in total. The smallest absolute Gasteiger partial charge is 0.123 e. The van der Waals surface area contributed by atoms with E-state index in [1.807, 2.05) is 30.3 Å². The molecule has 0 atom stereocenters. The minimum absolute atomic E-state index is 0.209. The Morgan fingerprint density at radius 3 is 2.14 bits per heavy atom. The number of benzene rings is 2. The third-order valence-electron chi connectivity index (χ3n) is 3.68. The van der Waals surface area contributed by atoms with E-state index in [0.717, 1.165) is 22.4 Å². The Kier molecular flexibility index (Phi) is 3.61. The summed E-state index contributed by atoms with van der Waals surface area (Å²) in [6.07, 6.45) is 0. The Balaban J connectivity index is 2.16. The molecule has 3 aromatic rings. The van der Waals surface area contributed by atoms with Gasteiger partial charge in [0, 0.05) is 11.3 Å². The molecule has 0 spiro atoms. The van der Waals surface area contributed by atoms with Crippen LogP contribution in [-0.4, -0.2) is 4.98 Å². The second kappa shape index (κ2) is 5.57. The van der Waals surface area contributed by atoms with E-state index in [0.29, 0.717) is 5.92 Å². The van der Waals surface area contributed by atoms with E-state index in [1.165, 1.54) is 17.8 Å². The summed E-state index contributed by atoms with van der Waals surface area (Å²) in [5.41, 5.74) is 5.56. The minimum Gasteiger partial charge on any atom is -0.358 e. The molecule has 0 aliphatic rings. The van der Waals surface area contributed by atoms with Crippen molar-refractivity contribution in [3.63, 3.8) is 0 Å². The zero-order chi connectivity index (χ0) is 14.8. The summed E-state index contributed by atoms with van der Waals surface area (Å²) in [4.78, 5) is 3.52. The van der Waals surface area contributed by atoms with Gasteiger partial charge in [-0.15, -0.1) is 0 Å². The molecule has 0 saturated carbocycles. The average Bonchev–Trinajstić information content (AvgIpc) is 2.94. The van der Waals surface area contributed by atoms with Gasteiger partial charge in [-0.3, -0.25) is 0 Å². The molecule has 1 N–H and O–H groups in total. The van der Waals surface area contributed by atoms with E-state index in [2.05, 4.69) is 37.0 Å². The maximum absolute atomic E-state index is 13.2. The summed E-state index contributed by atoms with van der Waals surface area (Å²) < 4.78 is 13.2. The van der Waals surface area contributed by atoms with Gasteiger partial charge in [0.1, 0.15) is 5.82 Å². The lowest BCUT2D eigenvalue weighted by Gasteiger charge is -2.04. The van der Waals surface area contributed by atoms with Crippen LogP contribution in [0.15, 0.2) is 60.7 Å². The van der Waals surface area contributed by atoms with E-state index < -0.39 is 0 Å². The summed E-state index contributed by atoms with van der Waals surface area (Å²) in [5.74, 6) is 0.210. The van der Waals surface area contributed by atoms with Crippen LogP contribution in [0.2, 0.25) is 0 Å². The zero-order valence-electron chi connectivity index (χ0n) is 12.2. The summed E-state index contributed by atoms with van der Waals surface area (Å²) in [5, 5.41) is 0. The van der Waals surface area contributed by atoms with Crippen molar-refractivity contribution in [3.05, 3.63) is 72.2 Å². The van der Waals surface area contributed by atoms with Crippen molar-refractivity contribution in [2.45, 2.75) is 19.8 Å². The summed E-state index contributed by atoms with van der Waals surface area (Å²) >= 11 is 0. The Hall–Kier alpha value is -2.35. The molecule has 0 amide bonds. The SMILES string of the molecule is CC(C)c1cc(-c2ccc(F)cc2)c(-c2ccccc2)[nH]1. The molecule has 0 saturated heterocycles. The van der Waals surface area contributed by atoms with Crippen molar-refractivity contribution in [1.82, 2.24) is 4.98 Å². The number of H-pyrrole nitrogens is 1. The molecule has 1 heterocycles. The molecular formula is C19H18FN. The first-order chi connectivity index (χ1) is 10.1. The van der Waals surface area contributed by atoms with Crippen molar-refractivity contribution < 1.29 is 4.39 Å². The summed E-state index contributed by atoms with van der Waals surface area (Å²) in [6, 6.07) is 19.1. The highest BCUT2D eigenvalue weighted by Crippen LogP contribution is 2.34. The highest BCUT2D eigenvalue weighted by Gasteiger charge is 2.13. The van der Waals surface area contributed by atoms with Gasteiger partial charge in [-0.1, -0.05) is 56.3 Å². The molecule has 21 heavy (non-hydrogen) atoms. The third kappa shape index (κ3) is 2.75. The Morgan fingerprint density at radius 1 is 0.857 bits per heavy atom. The number of rotatable bonds is 3. The van der Waals surface area contributed by atoms with E-state index >= 15 is 0 Å². The van der Waals surface area contributed by atoms with Crippen molar-refractivity contribution >= 4 is 0 Å². The highest BCUT2D eigenvalue weighted by molar-refractivity contribution is 5.82. The molecule has 1 aromatic heterocycles. The van der Waals surface area contributed by atoms with E-state index in [9.17, 15) is 4.39 Å². The standard InChI is InChI=1S/C19H18FN/c1-13(2)18-12-17(14-8-10-16(20)11-9-14)19(21-18)15-6-4-3-5-7-15/h3-13,21H,1-2H3. The summed E-state index contributed by atoms with van der Waals surface area (Å²) in [6.45, 7) is 4.32. The van der Waals surface area contributed by atoms with Crippen molar-refractivity contribution in [2.24, 2.45) is 0 Å². The topological polar surface area (TPSA) is 15.8 Å². The van der Waals surface area contributed by atoms with Gasteiger partial charge in [0.05, 0.1) is 5.69 Å². The quantitative estimate of drug-likeness (QED) is 0.641. The summed E-state index contributed by atoms with van der Waals surface area (Å²) in [7, 11) is 0. The van der Waals surface area contributed by atoms with Crippen LogP contribution in [0.25, 0.3) is 22.4 Å². The molecule has 106 valence electrons. The molecule has 0 aliphatic heterocycles. The number of hydrogen-bond donors (Lipinski definition) is 1. The van der Waals surface area contributed by atoms with Crippen molar-refractivity contribution in [1.29, 1.82) is 0 Å². The van der Waals surface area contributed by atoms with Gasteiger partial charge in [0.25, 0.3) is 0 Å². The van der Waals surface area contributed by atoms with Crippen LogP contribution in [0.3, 0.4) is 0 Å². The van der Waals surface area contributed by atoms with Gasteiger partial charge in [0.2, 0.25) is 0 Å². The van der Waals surface area contributed by atoms with Crippen LogP contribution in [0.5, 0.6) is 0 Å². The predicted octanol–water partition coefficient (Wildman–Crippen LogP) is 5.61. The van der Waals surface area contributed by atoms with E-state index in [4.69, 9.17) is 0 Å². The molecule has 3 rings (SSSR count). The molecule has 2 aromatic carbocycles. The number of aromatic amines is 1. The van der Waals surface area contributed by atoms with Gasteiger partial charge in [-0.05, 0) is 35.2 Å². The fourth-order valence-corrected chi connectivity index (χ4v) is 2.48. The van der Waals surface area contributed by atoms with Crippen LogP contribution in [0, 0.1) is 5.82 Å². The van der Waals surface area contributed by atoms with Crippen molar-refractivity contribution in [2.75, 3.05) is 0 Å². The fourth-order valence-electron chi connectivity index (χ4n) is 2.48. The lowest BCUT2D eigenvalue weighted by molar-refractivity contribution is 0.628. The van der Waals surface area contributed by atoms with E-state index in [1.54, 1.807) is 0 Å². The Morgan fingerprint density at radius 2 is 1.52 bits per heavy atom. The Bertz CT molecular complexity index is 724. The first kappa shape index (κ1) is 13.6. The fraction of sp³-hybridized carbons (Fsp3) is 0.158. The third-order valence-corrected chi connectivity index (χ3v) is 3.68. The molecule has 0 aliphatic carbocycles. The number of nitrogens with one attached hydrogen (secondary N) is 1. The molecular weight excluding hydrogens is 261 g/mol. The van der Waals surface area contributed by atoms with Gasteiger partial charge >= 0.3 is 0 Å². The van der Waals surface area contributed by atoms with Crippen LogP contribution in [-0.2, 0) is 0 Å². The number of halogens is 1. The van der Waals surface area contributed by atoms with Crippen LogP contribution in [0.4, 0.5) is 4.39 Å². The average molecular weight is 279 g/mol. The molecule has 0 radical (unpaired) electrons. The number of aromatic nitrogens is 1. The maximum Gasteiger partial charge on any atom is 0.123 e. The second-order valence-electron chi connectivity index (χ2n) is 5.54. The van der Waals surface area contributed by atoms with Crippen LogP contribution < -0.4 is 0 Å². The lowest BCUT2D eigenvalue weighted by atomic mass is 10.0. The predicted molar refractivity (Wildman–Crippen MR) is 85.7 cm³/mol. The maximum atomic E-state index is 13.2.